The van der Waals surface area contributed by atoms with Gasteiger partial charge in [0.25, 0.3) is 0 Å². The highest BCUT2D eigenvalue weighted by atomic mass is 79.9. The van der Waals surface area contributed by atoms with Gasteiger partial charge in [-0.2, -0.15) is 0 Å². The first-order valence-corrected chi connectivity index (χ1v) is 27.7. The Kier molecular flexibility index (Phi) is 27.6. The minimum absolute atomic E-state index is 0.845. The Hall–Kier alpha value is -2.04. The molecule has 4 aromatic rings. The van der Waals surface area contributed by atoms with Gasteiger partial charge in [-0.25, -0.2) is 0 Å². The summed E-state index contributed by atoms with van der Waals surface area (Å²) in [7, 11) is 3.56. The molecule has 0 aliphatic carbocycles. The number of hydrogen-bond donors (Lipinski definition) is 0. The second-order valence-electron chi connectivity index (χ2n) is 18.8. The van der Waals surface area contributed by atoms with Crippen LogP contribution in [-0.2, 0) is 12.8 Å². The maximum Gasteiger partial charge on any atom is 0.141 e. The Bertz CT molecular complexity index is 1670. The van der Waals surface area contributed by atoms with Gasteiger partial charge in [-0.15, -0.1) is 0 Å². The lowest BCUT2D eigenvalue weighted by atomic mass is 9.90. The van der Waals surface area contributed by atoms with Crippen molar-refractivity contribution in [3.63, 3.8) is 0 Å². The van der Waals surface area contributed by atoms with E-state index in [0.717, 1.165) is 44.4 Å². The highest BCUT2D eigenvalue weighted by Crippen LogP contribution is 2.50. The first-order chi connectivity index (χ1) is 30.5. The molecule has 4 aromatic carbocycles. The molecule has 0 aliphatic rings. The van der Waals surface area contributed by atoms with Crippen molar-refractivity contribution in [2.45, 2.75) is 232 Å². The van der Waals surface area contributed by atoms with Crippen molar-refractivity contribution >= 4 is 53.4 Å². The van der Waals surface area contributed by atoms with E-state index in [4.69, 9.17) is 9.47 Å². The number of unbranched alkanes of at least 4 members (excludes halogenated alkanes) is 30. The zero-order valence-corrected chi connectivity index (χ0v) is 43.4. The van der Waals surface area contributed by atoms with Gasteiger partial charge in [0.1, 0.15) is 11.5 Å². The van der Waals surface area contributed by atoms with Crippen molar-refractivity contribution in [2.75, 3.05) is 14.2 Å². The van der Waals surface area contributed by atoms with Crippen LogP contribution in [0.4, 0.5) is 0 Å². The van der Waals surface area contributed by atoms with E-state index < -0.39 is 0 Å². The van der Waals surface area contributed by atoms with Crippen LogP contribution in [0.5, 0.6) is 11.5 Å². The van der Waals surface area contributed by atoms with E-state index >= 15 is 0 Å². The number of ether oxygens (including phenoxy) is 2. The average molecular weight is 977 g/mol. The molecular formula is C58H88Br2O2. The maximum atomic E-state index is 6.17. The molecule has 0 bridgehead atoms. The first-order valence-electron chi connectivity index (χ1n) is 26.1. The Morgan fingerprint density at radius 2 is 0.597 bits per heavy atom. The molecule has 0 amide bonds. The summed E-state index contributed by atoms with van der Waals surface area (Å²) < 4.78 is 14.3. The molecule has 4 heteroatoms. The van der Waals surface area contributed by atoms with E-state index in [1.165, 1.54) is 238 Å². The van der Waals surface area contributed by atoms with Gasteiger partial charge in [0.05, 0.1) is 23.2 Å². The lowest BCUT2D eigenvalue weighted by molar-refractivity contribution is 0.408. The maximum absolute atomic E-state index is 6.17. The third kappa shape index (κ3) is 18.8. The highest BCUT2D eigenvalue weighted by molar-refractivity contribution is 9.11. The number of hydrogen-bond acceptors (Lipinski definition) is 2. The van der Waals surface area contributed by atoms with Gasteiger partial charge < -0.3 is 9.47 Å². The summed E-state index contributed by atoms with van der Waals surface area (Å²) in [5.74, 6) is 1.69. The van der Waals surface area contributed by atoms with Crippen molar-refractivity contribution in [3.05, 3.63) is 68.6 Å². The molecule has 0 fully saturated rings. The lowest BCUT2D eigenvalue weighted by Crippen LogP contribution is -1.98. The van der Waals surface area contributed by atoms with Crippen molar-refractivity contribution in [3.8, 4) is 22.6 Å². The number of rotatable bonds is 37. The smallest absolute Gasteiger partial charge is 0.141 e. The molecule has 0 unspecified atom stereocenters. The Morgan fingerprint density at radius 3 is 0.855 bits per heavy atom. The standard InChI is InChI=1S/C58H88Br2O2/c1-5-7-9-11-13-15-17-19-21-23-25-27-29-31-33-35-37-47-39-41-51-49(43-47)45-53(59)57(61-3)55(51)56-52-42-40-48(44-50(52)46-54(60)58(56)62-4)38-36-34-32-30-28-26-24-22-20-18-16-14-12-10-8-6-2/h39-46H,5-38H2,1-4H3. The average Bonchev–Trinajstić information content (AvgIpc) is 3.27. The molecule has 0 saturated carbocycles. The van der Waals surface area contributed by atoms with Crippen LogP contribution in [-0.4, -0.2) is 14.2 Å². The van der Waals surface area contributed by atoms with E-state index in [1.807, 2.05) is 0 Å². The first kappa shape index (κ1) is 52.6. The van der Waals surface area contributed by atoms with Crippen molar-refractivity contribution < 1.29 is 9.47 Å². The zero-order valence-electron chi connectivity index (χ0n) is 40.2. The van der Waals surface area contributed by atoms with Crippen LogP contribution in [0.2, 0.25) is 0 Å². The Balaban J connectivity index is 1.25. The minimum Gasteiger partial charge on any atom is -0.495 e. The van der Waals surface area contributed by atoms with Crippen LogP contribution in [0, 0.1) is 0 Å². The van der Waals surface area contributed by atoms with Crippen LogP contribution in [0.3, 0.4) is 0 Å². The molecule has 0 aromatic heterocycles. The van der Waals surface area contributed by atoms with Gasteiger partial charge >= 0.3 is 0 Å². The van der Waals surface area contributed by atoms with Crippen LogP contribution < -0.4 is 9.47 Å². The molecule has 0 N–H and O–H groups in total. The predicted octanol–water partition coefficient (Wildman–Crippen LogP) is 20.8. The van der Waals surface area contributed by atoms with Crippen molar-refractivity contribution in [1.82, 2.24) is 0 Å². The van der Waals surface area contributed by atoms with Crippen LogP contribution in [0.15, 0.2) is 57.5 Å². The minimum atomic E-state index is 0.845. The summed E-state index contributed by atoms with van der Waals surface area (Å²) in [6, 6.07) is 18.6. The summed E-state index contributed by atoms with van der Waals surface area (Å²) in [5.41, 5.74) is 4.99. The molecule has 0 spiro atoms. The van der Waals surface area contributed by atoms with E-state index in [2.05, 4.69) is 94.2 Å². The summed E-state index contributed by atoms with van der Waals surface area (Å²) in [4.78, 5) is 0. The topological polar surface area (TPSA) is 18.5 Å². The van der Waals surface area contributed by atoms with E-state index in [0.29, 0.717) is 0 Å². The monoisotopic (exact) mass is 975 g/mol. The second kappa shape index (κ2) is 32.6. The fourth-order valence-corrected chi connectivity index (χ4v) is 11.0. The van der Waals surface area contributed by atoms with E-state index in [-0.39, 0.29) is 0 Å². The quantitative estimate of drug-likeness (QED) is 0.0419. The van der Waals surface area contributed by atoms with E-state index in [9.17, 15) is 0 Å². The summed E-state index contributed by atoms with van der Waals surface area (Å²) in [6.45, 7) is 4.60. The van der Waals surface area contributed by atoms with Gasteiger partial charge in [-0.05, 0) is 102 Å². The third-order valence-corrected chi connectivity index (χ3v) is 14.7. The van der Waals surface area contributed by atoms with Gasteiger partial charge in [-0.3, -0.25) is 0 Å². The number of fused-ring (bicyclic) bond motifs is 2. The molecule has 0 atom stereocenters. The Labute approximate surface area is 398 Å². The van der Waals surface area contributed by atoms with Crippen molar-refractivity contribution in [2.24, 2.45) is 0 Å². The fourth-order valence-electron chi connectivity index (χ4n) is 9.77. The van der Waals surface area contributed by atoms with Crippen LogP contribution >= 0.6 is 31.9 Å². The fraction of sp³-hybridized carbons (Fsp3) is 0.655. The zero-order chi connectivity index (χ0) is 44.0. The molecular weight excluding hydrogens is 888 g/mol. The molecule has 346 valence electrons. The van der Waals surface area contributed by atoms with Gasteiger partial charge in [-0.1, -0.05) is 243 Å². The Morgan fingerprint density at radius 1 is 0.339 bits per heavy atom. The lowest BCUT2D eigenvalue weighted by Gasteiger charge is -2.20. The normalized spacial score (nSPS) is 11.6. The molecule has 0 saturated heterocycles. The molecule has 0 heterocycles. The molecule has 0 aliphatic heterocycles. The largest absolute Gasteiger partial charge is 0.495 e. The van der Waals surface area contributed by atoms with Crippen LogP contribution in [0.1, 0.15) is 230 Å². The molecule has 0 radical (unpaired) electrons. The second-order valence-corrected chi connectivity index (χ2v) is 20.5. The third-order valence-electron chi connectivity index (χ3n) is 13.5. The summed E-state index contributed by atoms with van der Waals surface area (Å²) in [6.07, 6.45) is 47.1. The highest BCUT2D eigenvalue weighted by Gasteiger charge is 2.23. The van der Waals surface area contributed by atoms with Gasteiger partial charge in [0.2, 0.25) is 0 Å². The van der Waals surface area contributed by atoms with Gasteiger partial charge in [0, 0.05) is 11.1 Å². The number of halogens is 2. The number of benzene rings is 4. The summed E-state index contributed by atoms with van der Waals surface area (Å²) >= 11 is 7.83. The number of aryl methyl sites for hydroxylation is 2. The summed E-state index contributed by atoms with van der Waals surface area (Å²) in [5, 5.41) is 4.85. The molecule has 2 nitrogen and oxygen atoms in total. The molecule has 62 heavy (non-hydrogen) atoms. The van der Waals surface area contributed by atoms with Crippen molar-refractivity contribution in [1.29, 1.82) is 0 Å². The van der Waals surface area contributed by atoms with E-state index in [1.54, 1.807) is 14.2 Å². The SMILES string of the molecule is CCCCCCCCCCCCCCCCCCc1ccc2c(-c3c(OC)c(Br)cc4cc(CCCCCCCCCCCCCCCCCC)ccc34)c(OC)c(Br)cc2c1. The van der Waals surface area contributed by atoms with Gasteiger partial charge in [0.15, 0.2) is 0 Å². The molecule has 4 rings (SSSR count). The number of methoxy groups -OCH3 is 2. The predicted molar refractivity (Wildman–Crippen MR) is 282 cm³/mol. The van der Waals surface area contributed by atoms with Crippen LogP contribution in [0.25, 0.3) is 32.7 Å².